The highest BCUT2D eigenvalue weighted by atomic mass is 35.5. The SMILES string of the molecule is O=C(O)c1ccc(CN(C2CCCC(CF)C2)S(=O)(=O)c2ccc(Cl)cc2)cc1. The molecular weight excluding hydrogens is 417 g/mol. The van der Waals surface area contributed by atoms with Crippen LogP contribution < -0.4 is 0 Å². The monoisotopic (exact) mass is 439 g/mol. The molecule has 29 heavy (non-hydrogen) atoms. The summed E-state index contributed by atoms with van der Waals surface area (Å²) >= 11 is 5.90. The Labute approximate surface area is 175 Å². The van der Waals surface area contributed by atoms with Crippen molar-refractivity contribution in [1.82, 2.24) is 4.31 Å². The molecule has 2 atom stereocenters. The highest BCUT2D eigenvalue weighted by molar-refractivity contribution is 7.89. The topological polar surface area (TPSA) is 74.7 Å². The van der Waals surface area contributed by atoms with Crippen LogP contribution in [0, 0.1) is 5.92 Å². The summed E-state index contributed by atoms with van der Waals surface area (Å²) < 4.78 is 41.5. The third kappa shape index (κ3) is 5.15. The highest BCUT2D eigenvalue weighted by Gasteiger charge is 2.35. The van der Waals surface area contributed by atoms with Crippen molar-refractivity contribution in [3.05, 3.63) is 64.7 Å². The van der Waals surface area contributed by atoms with Gasteiger partial charge in [0.15, 0.2) is 0 Å². The first-order chi connectivity index (χ1) is 13.8. The summed E-state index contributed by atoms with van der Waals surface area (Å²) in [7, 11) is -3.84. The zero-order valence-electron chi connectivity index (χ0n) is 15.8. The van der Waals surface area contributed by atoms with E-state index in [0.29, 0.717) is 23.4 Å². The van der Waals surface area contributed by atoms with Crippen LogP contribution in [0.1, 0.15) is 41.6 Å². The van der Waals surface area contributed by atoms with Gasteiger partial charge in [0.25, 0.3) is 0 Å². The van der Waals surface area contributed by atoms with E-state index in [-0.39, 0.29) is 29.0 Å². The largest absolute Gasteiger partial charge is 0.478 e. The minimum Gasteiger partial charge on any atom is -0.478 e. The fourth-order valence-corrected chi connectivity index (χ4v) is 5.53. The Hall–Kier alpha value is -1.96. The smallest absolute Gasteiger partial charge is 0.335 e. The predicted molar refractivity (Wildman–Crippen MR) is 109 cm³/mol. The van der Waals surface area contributed by atoms with Crippen molar-refractivity contribution < 1.29 is 22.7 Å². The molecule has 2 aromatic rings. The van der Waals surface area contributed by atoms with E-state index >= 15 is 0 Å². The van der Waals surface area contributed by atoms with Crippen LogP contribution in [0.2, 0.25) is 5.02 Å². The Morgan fingerprint density at radius 3 is 2.34 bits per heavy atom. The zero-order valence-corrected chi connectivity index (χ0v) is 17.4. The van der Waals surface area contributed by atoms with E-state index in [1.807, 2.05) is 0 Å². The van der Waals surface area contributed by atoms with E-state index < -0.39 is 22.7 Å². The number of halogens is 2. The Morgan fingerprint density at radius 1 is 1.10 bits per heavy atom. The fourth-order valence-electron chi connectivity index (χ4n) is 3.75. The van der Waals surface area contributed by atoms with Crippen molar-refractivity contribution in [1.29, 1.82) is 0 Å². The van der Waals surface area contributed by atoms with E-state index in [1.165, 1.54) is 40.7 Å². The van der Waals surface area contributed by atoms with Crippen LogP contribution >= 0.6 is 11.6 Å². The third-order valence-corrected chi connectivity index (χ3v) is 7.50. The molecule has 0 radical (unpaired) electrons. The maximum atomic E-state index is 13.4. The van der Waals surface area contributed by atoms with Gasteiger partial charge in [-0.05, 0) is 67.1 Å². The summed E-state index contributed by atoms with van der Waals surface area (Å²) in [6.07, 6.45) is 2.66. The number of aromatic carboxylic acids is 1. The van der Waals surface area contributed by atoms with Gasteiger partial charge in [0.1, 0.15) is 0 Å². The van der Waals surface area contributed by atoms with Crippen molar-refractivity contribution in [3.63, 3.8) is 0 Å². The molecule has 1 fully saturated rings. The van der Waals surface area contributed by atoms with Gasteiger partial charge in [-0.2, -0.15) is 4.31 Å². The average molecular weight is 440 g/mol. The van der Waals surface area contributed by atoms with Crippen LogP contribution in [-0.4, -0.2) is 36.5 Å². The number of hydrogen-bond acceptors (Lipinski definition) is 3. The van der Waals surface area contributed by atoms with Crippen LogP contribution in [0.5, 0.6) is 0 Å². The maximum absolute atomic E-state index is 13.4. The third-order valence-electron chi connectivity index (χ3n) is 5.34. The van der Waals surface area contributed by atoms with Crippen LogP contribution in [-0.2, 0) is 16.6 Å². The number of carboxylic acid groups (broad SMARTS) is 1. The van der Waals surface area contributed by atoms with Crippen molar-refractivity contribution in [2.24, 2.45) is 5.92 Å². The van der Waals surface area contributed by atoms with Gasteiger partial charge in [0.05, 0.1) is 17.1 Å². The van der Waals surface area contributed by atoms with E-state index in [1.54, 1.807) is 12.1 Å². The lowest BCUT2D eigenvalue weighted by Crippen LogP contribution is -2.42. The second kappa shape index (κ2) is 9.24. The van der Waals surface area contributed by atoms with E-state index in [0.717, 1.165) is 12.8 Å². The van der Waals surface area contributed by atoms with Gasteiger partial charge in [-0.3, -0.25) is 4.39 Å². The van der Waals surface area contributed by atoms with Crippen LogP contribution in [0.3, 0.4) is 0 Å². The normalized spacial score (nSPS) is 20.0. The highest BCUT2D eigenvalue weighted by Crippen LogP contribution is 2.33. The molecule has 0 heterocycles. The number of carboxylic acids is 1. The molecule has 0 aromatic heterocycles. The quantitative estimate of drug-likeness (QED) is 0.675. The first-order valence-corrected chi connectivity index (χ1v) is 11.3. The number of alkyl halides is 1. The van der Waals surface area contributed by atoms with Gasteiger partial charge in [0.2, 0.25) is 10.0 Å². The molecule has 5 nitrogen and oxygen atoms in total. The molecule has 2 unspecified atom stereocenters. The summed E-state index contributed by atoms with van der Waals surface area (Å²) in [5.41, 5.74) is 0.811. The summed E-state index contributed by atoms with van der Waals surface area (Å²) in [5, 5.41) is 9.51. The van der Waals surface area contributed by atoms with Gasteiger partial charge in [-0.15, -0.1) is 0 Å². The molecule has 1 aliphatic carbocycles. The summed E-state index contributed by atoms with van der Waals surface area (Å²) in [4.78, 5) is 11.2. The van der Waals surface area contributed by atoms with Crippen molar-refractivity contribution in [2.45, 2.75) is 43.2 Å². The molecule has 156 valence electrons. The standard InChI is InChI=1S/C21H23ClFNO4S/c22-18-8-10-20(11-9-18)29(27,28)24(19-3-1-2-16(12-19)13-23)14-15-4-6-17(7-5-15)21(25)26/h4-11,16,19H,1-3,12-14H2,(H,25,26). The van der Waals surface area contributed by atoms with Gasteiger partial charge in [-0.1, -0.05) is 30.2 Å². The zero-order chi connectivity index (χ0) is 21.0. The Balaban J connectivity index is 1.94. The number of nitrogens with zero attached hydrogens (tertiary/aromatic N) is 1. The predicted octanol–water partition coefficient (Wildman–Crippen LogP) is 4.76. The lowest BCUT2D eigenvalue weighted by Gasteiger charge is -2.36. The minimum absolute atomic E-state index is 0.0918. The lowest BCUT2D eigenvalue weighted by molar-refractivity contribution is 0.0697. The number of hydrogen-bond donors (Lipinski definition) is 1. The fraction of sp³-hybridized carbons (Fsp3) is 0.381. The molecule has 2 aromatic carbocycles. The first kappa shape index (κ1) is 21.7. The van der Waals surface area contributed by atoms with E-state index in [9.17, 15) is 17.6 Å². The van der Waals surface area contributed by atoms with Crippen molar-refractivity contribution in [3.8, 4) is 0 Å². The molecule has 0 saturated heterocycles. The summed E-state index contributed by atoms with van der Waals surface area (Å²) in [6, 6.07) is 11.8. The summed E-state index contributed by atoms with van der Waals surface area (Å²) in [5.74, 6) is -1.19. The molecule has 8 heteroatoms. The van der Waals surface area contributed by atoms with Gasteiger partial charge < -0.3 is 5.11 Å². The molecular formula is C21H23ClFNO4S. The van der Waals surface area contributed by atoms with Gasteiger partial charge in [-0.25, -0.2) is 13.2 Å². The second-order valence-corrected chi connectivity index (χ2v) is 9.67. The molecule has 0 bridgehead atoms. The van der Waals surface area contributed by atoms with Gasteiger partial charge in [0, 0.05) is 17.6 Å². The van der Waals surface area contributed by atoms with E-state index in [4.69, 9.17) is 16.7 Å². The van der Waals surface area contributed by atoms with Gasteiger partial charge >= 0.3 is 5.97 Å². The molecule has 0 spiro atoms. The molecule has 3 rings (SSSR count). The van der Waals surface area contributed by atoms with Crippen LogP contribution in [0.15, 0.2) is 53.4 Å². The first-order valence-electron chi connectivity index (χ1n) is 9.47. The molecule has 1 aliphatic rings. The molecule has 1 N–H and O–H groups in total. The molecule has 0 aliphatic heterocycles. The Kier molecular flexibility index (Phi) is 6.93. The maximum Gasteiger partial charge on any atom is 0.335 e. The average Bonchev–Trinajstić information content (AvgIpc) is 2.72. The Bertz CT molecular complexity index is 948. The number of benzene rings is 2. The Morgan fingerprint density at radius 2 is 1.76 bits per heavy atom. The summed E-state index contributed by atoms with van der Waals surface area (Å²) in [6.45, 7) is -0.368. The number of carbonyl (C=O) groups is 1. The van der Waals surface area contributed by atoms with Crippen molar-refractivity contribution >= 4 is 27.6 Å². The van der Waals surface area contributed by atoms with Crippen molar-refractivity contribution in [2.75, 3.05) is 6.67 Å². The minimum atomic E-state index is -3.84. The van der Waals surface area contributed by atoms with Crippen LogP contribution in [0.25, 0.3) is 0 Å². The molecule has 1 saturated carbocycles. The number of rotatable bonds is 7. The lowest BCUT2D eigenvalue weighted by atomic mass is 9.86. The second-order valence-electron chi connectivity index (χ2n) is 7.35. The number of sulfonamides is 1. The molecule has 0 amide bonds. The van der Waals surface area contributed by atoms with E-state index in [2.05, 4.69) is 0 Å². The van der Waals surface area contributed by atoms with Crippen LogP contribution in [0.4, 0.5) is 4.39 Å².